The van der Waals surface area contributed by atoms with E-state index in [9.17, 15) is 4.79 Å². The number of amides is 1. The number of hydrogen-bond acceptors (Lipinski definition) is 3. The third-order valence-electron chi connectivity index (χ3n) is 4.57. The van der Waals surface area contributed by atoms with Crippen LogP contribution in [0.3, 0.4) is 0 Å². The molecule has 2 unspecified atom stereocenters. The van der Waals surface area contributed by atoms with Gasteiger partial charge in [0.1, 0.15) is 5.60 Å². The summed E-state index contributed by atoms with van der Waals surface area (Å²) in [6.45, 7) is 5.64. The van der Waals surface area contributed by atoms with Gasteiger partial charge in [0, 0.05) is 0 Å². The van der Waals surface area contributed by atoms with Crippen molar-refractivity contribution < 1.29 is 14.3 Å². The quantitative estimate of drug-likeness (QED) is 0.721. The molecule has 18 heavy (non-hydrogen) atoms. The molecule has 2 bridgehead atoms. The van der Waals surface area contributed by atoms with E-state index in [2.05, 4.69) is 6.92 Å². The van der Waals surface area contributed by atoms with Gasteiger partial charge in [0.25, 0.3) is 0 Å². The zero-order chi connectivity index (χ0) is 12.8. The average Bonchev–Trinajstić information content (AvgIpc) is 3.04. The molecule has 1 saturated carbocycles. The zero-order valence-corrected chi connectivity index (χ0v) is 11.4. The first kappa shape index (κ1) is 12.3. The number of hydrogen-bond donors (Lipinski definition) is 0. The van der Waals surface area contributed by atoms with Gasteiger partial charge >= 0.3 is 6.09 Å². The van der Waals surface area contributed by atoms with E-state index in [1.54, 1.807) is 0 Å². The van der Waals surface area contributed by atoms with Gasteiger partial charge in [-0.25, -0.2) is 4.79 Å². The molecule has 0 aromatic carbocycles. The second-order valence-electron chi connectivity index (χ2n) is 6.49. The lowest BCUT2D eigenvalue weighted by Crippen LogP contribution is -2.54. The Hall–Kier alpha value is -0.770. The second-order valence-corrected chi connectivity index (χ2v) is 6.49. The largest absolute Gasteiger partial charge is 0.443 e. The van der Waals surface area contributed by atoms with Gasteiger partial charge in [0.05, 0.1) is 25.3 Å². The van der Waals surface area contributed by atoms with E-state index in [1.807, 2.05) is 11.8 Å². The maximum Gasteiger partial charge on any atom is 0.410 e. The molecule has 2 aliphatic heterocycles. The van der Waals surface area contributed by atoms with Crippen LogP contribution in [-0.4, -0.2) is 41.9 Å². The van der Waals surface area contributed by atoms with E-state index in [-0.39, 0.29) is 23.8 Å². The van der Waals surface area contributed by atoms with Crippen LogP contribution in [0.5, 0.6) is 0 Å². The molecule has 3 atom stereocenters. The number of carbonyl (C=O) groups is 1. The van der Waals surface area contributed by atoms with Crippen molar-refractivity contribution in [2.75, 3.05) is 13.2 Å². The highest BCUT2D eigenvalue weighted by molar-refractivity contribution is 5.69. The van der Waals surface area contributed by atoms with Gasteiger partial charge in [0.15, 0.2) is 0 Å². The minimum atomic E-state index is -0.176. The number of morpholine rings is 1. The van der Waals surface area contributed by atoms with Crippen molar-refractivity contribution in [1.82, 2.24) is 4.90 Å². The third kappa shape index (κ3) is 2.35. The summed E-state index contributed by atoms with van der Waals surface area (Å²) in [5.74, 6) is 0.675. The van der Waals surface area contributed by atoms with Crippen LogP contribution in [-0.2, 0) is 9.47 Å². The molecule has 3 aliphatic rings. The molecule has 1 aliphatic carbocycles. The summed E-state index contributed by atoms with van der Waals surface area (Å²) in [5, 5.41) is 0. The van der Waals surface area contributed by atoms with E-state index < -0.39 is 0 Å². The zero-order valence-electron chi connectivity index (χ0n) is 11.4. The first-order valence-electron chi connectivity index (χ1n) is 7.16. The Kier molecular flexibility index (Phi) is 3.00. The molecule has 4 heteroatoms. The molecular weight excluding hydrogens is 230 g/mol. The van der Waals surface area contributed by atoms with E-state index >= 15 is 0 Å². The molecule has 2 heterocycles. The Balaban J connectivity index is 1.73. The number of ether oxygens (including phenoxy) is 2. The predicted molar refractivity (Wildman–Crippen MR) is 67.4 cm³/mol. The van der Waals surface area contributed by atoms with Crippen molar-refractivity contribution in [2.45, 2.75) is 63.6 Å². The van der Waals surface area contributed by atoms with Crippen molar-refractivity contribution in [3.05, 3.63) is 0 Å². The van der Waals surface area contributed by atoms with Crippen LogP contribution in [0.15, 0.2) is 0 Å². The summed E-state index contributed by atoms with van der Waals surface area (Å²) >= 11 is 0. The van der Waals surface area contributed by atoms with Crippen molar-refractivity contribution in [1.29, 1.82) is 0 Å². The smallest absolute Gasteiger partial charge is 0.410 e. The molecule has 1 amide bonds. The molecule has 0 aromatic heterocycles. The Bertz CT molecular complexity index is 340. The standard InChI is InChI=1S/C14H23NO3/c1-10-3-4-11-8-17-9-12(7-10)15(11)13(16)18-14(2)5-6-14/h10-12H,3-9H2,1-2H3/t10-,11?,12?/m0/s1. The summed E-state index contributed by atoms with van der Waals surface area (Å²) in [7, 11) is 0. The molecule has 3 rings (SSSR count). The van der Waals surface area contributed by atoms with Gasteiger partial charge in [-0.05, 0) is 44.9 Å². The Morgan fingerprint density at radius 2 is 2.00 bits per heavy atom. The number of nitrogens with zero attached hydrogens (tertiary/aromatic N) is 1. The number of rotatable bonds is 1. The van der Waals surface area contributed by atoms with Gasteiger partial charge in [-0.2, -0.15) is 0 Å². The summed E-state index contributed by atoms with van der Waals surface area (Å²) in [6.07, 6.45) is 5.18. The predicted octanol–water partition coefficient (Wildman–Crippen LogP) is 2.56. The lowest BCUT2D eigenvalue weighted by Gasteiger charge is -2.40. The summed E-state index contributed by atoms with van der Waals surface area (Å²) in [5.41, 5.74) is -0.176. The van der Waals surface area contributed by atoms with Crippen LogP contribution in [0.4, 0.5) is 4.79 Å². The second kappa shape index (κ2) is 4.41. The molecular formula is C14H23NO3. The maximum absolute atomic E-state index is 12.4. The highest BCUT2D eigenvalue weighted by Crippen LogP contribution is 2.40. The fraction of sp³-hybridized carbons (Fsp3) is 0.929. The highest BCUT2D eigenvalue weighted by Gasteiger charge is 2.46. The summed E-state index contributed by atoms with van der Waals surface area (Å²) in [6, 6.07) is 0.444. The Labute approximate surface area is 109 Å². The highest BCUT2D eigenvalue weighted by atomic mass is 16.6. The fourth-order valence-electron chi connectivity index (χ4n) is 3.10. The van der Waals surface area contributed by atoms with Crippen LogP contribution >= 0.6 is 0 Å². The molecule has 3 fully saturated rings. The normalized spacial score (nSPS) is 37.9. The minimum Gasteiger partial charge on any atom is -0.443 e. The van der Waals surface area contributed by atoms with Crippen LogP contribution in [0.25, 0.3) is 0 Å². The van der Waals surface area contributed by atoms with Gasteiger partial charge in [-0.15, -0.1) is 0 Å². The first-order chi connectivity index (χ1) is 8.57. The lowest BCUT2D eigenvalue weighted by molar-refractivity contribution is -0.0514. The SMILES string of the molecule is C[C@H]1CCC2COCC(C1)N2C(=O)OC1(C)CC1. The molecule has 0 N–H and O–H groups in total. The third-order valence-corrected chi connectivity index (χ3v) is 4.57. The molecule has 0 radical (unpaired) electrons. The maximum atomic E-state index is 12.4. The number of carbonyl (C=O) groups excluding carboxylic acids is 1. The fourth-order valence-corrected chi connectivity index (χ4v) is 3.10. The Morgan fingerprint density at radius 1 is 1.28 bits per heavy atom. The van der Waals surface area contributed by atoms with Gasteiger partial charge in [0.2, 0.25) is 0 Å². The molecule has 102 valence electrons. The summed E-state index contributed by atoms with van der Waals surface area (Å²) < 4.78 is 11.3. The van der Waals surface area contributed by atoms with Crippen LogP contribution < -0.4 is 0 Å². The van der Waals surface area contributed by atoms with Crippen LogP contribution in [0.1, 0.15) is 46.0 Å². The average molecular weight is 253 g/mol. The van der Waals surface area contributed by atoms with Crippen molar-refractivity contribution in [2.24, 2.45) is 5.92 Å². The number of fused-ring (bicyclic) bond motifs is 2. The lowest BCUT2D eigenvalue weighted by atomic mass is 9.99. The van der Waals surface area contributed by atoms with E-state index in [0.29, 0.717) is 19.1 Å². The first-order valence-corrected chi connectivity index (χ1v) is 7.16. The van der Waals surface area contributed by atoms with Crippen molar-refractivity contribution in [3.8, 4) is 0 Å². The van der Waals surface area contributed by atoms with Gasteiger partial charge in [-0.1, -0.05) is 6.92 Å². The minimum absolute atomic E-state index is 0.109. The van der Waals surface area contributed by atoms with E-state index in [4.69, 9.17) is 9.47 Å². The van der Waals surface area contributed by atoms with Gasteiger partial charge in [-0.3, -0.25) is 4.90 Å². The topological polar surface area (TPSA) is 38.8 Å². The summed E-state index contributed by atoms with van der Waals surface area (Å²) in [4.78, 5) is 14.4. The van der Waals surface area contributed by atoms with E-state index in [1.165, 1.54) is 6.42 Å². The van der Waals surface area contributed by atoms with Gasteiger partial charge < -0.3 is 9.47 Å². The Morgan fingerprint density at radius 3 is 2.72 bits per heavy atom. The van der Waals surface area contributed by atoms with Crippen molar-refractivity contribution >= 4 is 6.09 Å². The molecule has 0 spiro atoms. The van der Waals surface area contributed by atoms with Crippen molar-refractivity contribution in [3.63, 3.8) is 0 Å². The van der Waals surface area contributed by atoms with Crippen LogP contribution in [0.2, 0.25) is 0 Å². The molecule has 2 saturated heterocycles. The molecule has 0 aromatic rings. The van der Waals surface area contributed by atoms with Crippen LogP contribution in [0, 0.1) is 5.92 Å². The monoisotopic (exact) mass is 253 g/mol. The molecule has 4 nitrogen and oxygen atoms in total. The van der Waals surface area contributed by atoms with E-state index in [0.717, 1.165) is 25.7 Å².